The molecule has 2 N–H and O–H groups in total. The van der Waals surface area contributed by atoms with Crippen LogP contribution in [-0.4, -0.2) is 49.5 Å². The number of carbonyl (C=O) groups is 2. The summed E-state index contributed by atoms with van der Waals surface area (Å²) < 4.78 is 10.3. The molecule has 0 spiro atoms. The Hall–Kier alpha value is -1.14. The Morgan fingerprint density at radius 2 is 2.00 bits per heavy atom. The summed E-state index contributed by atoms with van der Waals surface area (Å²) in [6.45, 7) is 5.96. The van der Waals surface area contributed by atoms with Crippen LogP contribution < -0.4 is 5.32 Å². The molecule has 1 amide bonds. The third kappa shape index (κ3) is 5.57. The van der Waals surface area contributed by atoms with Crippen molar-refractivity contribution in [3.63, 3.8) is 0 Å². The molecule has 4 atom stereocenters. The summed E-state index contributed by atoms with van der Waals surface area (Å²) in [5.74, 6) is 0.495. The van der Waals surface area contributed by atoms with Crippen molar-refractivity contribution in [3.05, 3.63) is 0 Å². The van der Waals surface area contributed by atoms with Crippen LogP contribution >= 0.6 is 0 Å². The van der Waals surface area contributed by atoms with Crippen LogP contribution in [0.1, 0.15) is 40.0 Å². The van der Waals surface area contributed by atoms with Gasteiger partial charge in [0.2, 0.25) is 5.91 Å². The molecule has 22 heavy (non-hydrogen) atoms. The van der Waals surface area contributed by atoms with E-state index in [1.54, 1.807) is 0 Å². The average molecular weight is 315 g/mol. The molecule has 3 unspecified atom stereocenters. The van der Waals surface area contributed by atoms with Crippen molar-refractivity contribution in [2.24, 2.45) is 17.8 Å². The molecule has 0 saturated heterocycles. The van der Waals surface area contributed by atoms with Crippen molar-refractivity contribution in [2.45, 2.75) is 52.2 Å². The molecule has 0 heterocycles. The number of carbonyl (C=O) groups excluding carboxylic acids is 2. The minimum absolute atomic E-state index is 0.0696. The van der Waals surface area contributed by atoms with E-state index in [0.717, 1.165) is 12.8 Å². The molecule has 1 aliphatic carbocycles. The largest absolute Gasteiger partial charge is 0.467 e. The molecule has 1 saturated carbocycles. The van der Waals surface area contributed by atoms with Crippen LogP contribution in [0.4, 0.5) is 0 Å². The maximum atomic E-state index is 11.9. The minimum Gasteiger partial charge on any atom is -0.467 e. The normalized spacial score (nSPS) is 26.5. The minimum atomic E-state index is -1.03. The first-order valence-electron chi connectivity index (χ1n) is 7.98. The summed E-state index contributed by atoms with van der Waals surface area (Å²) in [4.78, 5) is 23.2. The molecule has 0 aromatic rings. The van der Waals surface area contributed by atoms with E-state index < -0.39 is 24.5 Å². The molecule has 0 aromatic heterocycles. The Morgan fingerprint density at radius 1 is 1.32 bits per heavy atom. The monoisotopic (exact) mass is 315 g/mol. The molecule has 6 heteroatoms. The molecule has 0 radical (unpaired) electrons. The number of esters is 1. The second-order valence-corrected chi connectivity index (χ2v) is 6.50. The van der Waals surface area contributed by atoms with Gasteiger partial charge in [-0.3, -0.25) is 4.79 Å². The predicted molar refractivity (Wildman–Crippen MR) is 82.1 cm³/mol. The molecular formula is C16H29NO5. The molecule has 6 nitrogen and oxygen atoms in total. The van der Waals surface area contributed by atoms with Crippen molar-refractivity contribution < 1.29 is 24.2 Å². The van der Waals surface area contributed by atoms with E-state index in [0.29, 0.717) is 17.8 Å². The number of rotatable bonds is 7. The van der Waals surface area contributed by atoms with E-state index in [4.69, 9.17) is 9.84 Å². The highest BCUT2D eigenvalue weighted by Gasteiger charge is 2.32. The van der Waals surface area contributed by atoms with Crippen molar-refractivity contribution in [2.75, 3.05) is 20.3 Å². The van der Waals surface area contributed by atoms with E-state index in [1.807, 2.05) is 0 Å². The van der Waals surface area contributed by atoms with Crippen molar-refractivity contribution in [3.8, 4) is 0 Å². The highest BCUT2D eigenvalue weighted by atomic mass is 16.5. The van der Waals surface area contributed by atoms with Gasteiger partial charge in [-0.05, 0) is 30.6 Å². The molecule has 1 rings (SSSR count). The summed E-state index contributed by atoms with van der Waals surface area (Å²) in [7, 11) is 1.21. The first kappa shape index (κ1) is 18.9. The number of methoxy groups -OCH3 is 1. The molecule has 1 fully saturated rings. The SMILES string of the molecule is COC(=O)[C@H](CO)NC(=O)COC1CC(C)CCC1C(C)C. The fraction of sp³-hybridized carbons (Fsp3) is 0.875. The van der Waals surface area contributed by atoms with Crippen LogP contribution in [0.25, 0.3) is 0 Å². The highest BCUT2D eigenvalue weighted by Crippen LogP contribution is 2.35. The summed E-state index contributed by atoms with van der Waals surface area (Å²) in [5.41, 5.74) is 0. The van der Waals surface area contributed by atoms with Crippen LogP contribution in [0, 0.1) is 17.8 Å². The lowest BCUT2D eigenvalue weighted by Crippen LogP contribution is -2.46. The highest BCUT2D eigenvalue weighted by molar-refractivity contribution is 5.85. The molecular weight excluding hydrogens is 286 g/mol. The number of amides is 1. The van der Waals surface area contributed by atoms with E-state index in [9.17, 15) is 9.59 Å². The van der Waals surface area contributed by atoms with Crippen molar-refractivity contribution in [1.82, 2.24) is 5.32 Å². The number of aliphatic hydroxyl groups is 1. The summed E-state index contributed by atoms with van der Waals surface area (Å²) in [6.07, 6.45) is 3.34. The third-order valence-corrected chi connectivity index (χ3v) is 4.39. The van der Waals surface area contributed by atoms with Gasteiger partial charge in [0.25, 0.3) is 0 Å². The third-order valence-electron chi connectivity index (χ3n) is 4.39. The molecule has 0 bridgehead atoms. The molecule has 128 valence electrons. The van der Waals surface area contributed by atoms with Crippen LogP contribution in [-0.2, 0) is 19.1 Å². The van der Waals surface area contributed by atoms with Gasteiger partial charge in [0, 0.05) is 0 Å². The first-order chi connectivity index (χ1) is 10.4. The summed E-state index contributed by atoms with van der Waals surface area (Å²) in [5, 5.41) is 11.5. The zero-order chi connectivity index (χ0) is 16.7. The zero-order valence-corrected chi connectivity index (χ0v) is 14.0. The topological polar surface area (TPSA) is 84.9 Å². The van der Waals surface area contributed by atoms with Gasteiger partial charge in [0.1, 0.15) is 6.61 Å². The van der Waals surface area contributed by atoms with Gasteiger partial charge < -0.3 is 19.9 Å². The van der Waals surface area contributed by atoms with Gasteiger partial charge in [-0.1, -0.05) is 27.2 Å². The van der Waals surface area contributed by atoms with Gasteiger partial charge in [-0.25, -0.2) is 4.79 Å². The summed E-state index contributed by atoms with van der Waals surface area (Å²) >= 11 is 0. The van der Waals surface area contributed by atoms with Gasteiger partial charge in [-0.2, -0.15) is 0 Å². The number of hydrogen-bond acceptors (Lipinski definition) is 5. The molecule has 0 aromatic carbocycles. The fourth-order valence-electron chi connectivity index (χ4n) is 3.05. The lowest BCUT2D eigenvalue weighted by Gasteiger charge is -2.37. The Morgan fingerprint density at radius 3 is 2.55 bits per heavy atom. The number of ether oxygens (including phenoxy) is 2. The standard InChI is InChI=1S/C16H29NO5/c1-10(2)12-6-5-11(3)7-14(12)22-9-15(19)17-13(8-18)16(20)21-4/h10-14,18H,5-9H2,1-4H3,(H,17,19)/t11?,12?,13-,14?/m0/s1. The number of nitrogens with one attached hydrogen (secondary N) is 1. The number of hydrogen-bond donors (Lipinski definition) is 2. The van der Waals surface area contributed by atoms with E-state index in [-0.39, 0.29) is 12.7 Å². The average Bonchev–Trinajstić information content (AvgIpc) is 2.49. The molecule has 1 aliphatic rings. The Bertz CT molecular complexity index is 372. The Kier molecular flexibility index (Phi) is 7.82. The second-order valence-electron chi connectivity index (χ2n) is 6.50. The first-order valence-corrected chi connectivity index (χ1v) is 7.98. The lowest BCUT2D eigenvalue weighted by atomic mass is 9.75. The molecule has 0 aliphatic heterocycles. The van der Waals surface area contributed by atoms with Gasteiger partial charge in [0.15, 0.2) is 6.04 Å². The van der Waals surface area contributed by atoms with E-state index in [2.05, 4.69) is 30.8 Å². The van der Waals surface area contributed by atoms with E-state index >= 15 is 0 Å². The van der Waals surface area contributed by atoms with Gasteiger partial charge in [0.05, 0.1) is 19.8 Å². The lowest BCUT2D eigenvalue weighted by molar-refractivity contribution is -0.147. The van der Waals surface area contributed by atoms with Crippen LogP contribution in [0.15, 0.2) is 0 Å². The van der Waals surface area contributed by atoms with Gasteiger partial charge in [-0.15, -0.1) is 0 Å². The smallest absolute Gasteiger partial charge is 0.330 e. The van der Waals surface area contributed by atoms with Crippen LogP contribution in [0.5, 0.6) is 0 Å². The van der Waals surface area contributed by atoms with Crippen LogP contribution in [0.2, 0.25) is 0 Å². The Labute approximate surface area is 132 Å². The van der Waals surface area contributed by atoms with Crippen molar-refractivity contribution >= 4 is 11.9 Å². The fourth-order valence-corrected chi connectivity index (χ4v) is 3.05. The number of aliphatic hydroxyl groups excluding tert-OH is 1. The van der Waals surface area contributed by atoms with E-state index in [1.165, 1.54) is 13.5 Å². The Balaban J connectivity index is 2.48. The van der Waals surface area contributed by atoms with Crippen LogP contribution in [0.3, 0.4) is 0 Å². The second kappa shape index (κ2) is 9.10. The zero-order valence-electron chi connectivity index (χ0n) is 14.0. The van der Waals surface area contributed by atoms with Gasteiger partial charge >= 0.3 is 5.97 Å². The summed E-state index contributed by atoms with van der Waals surface area (Å²) in [6, 6.07) is -1.03. The predicted octanol–water partition coefficient (Wildman–Crippen LogP) is 1.11. The maximum absolute atomic E-state index is 11.9. The van der Waals surface area contributed by atoms with Crippen molar-refractivity contribution in [1.29, 1.82) is 0 Å². The maximum Gasteiger partial charge on any atom is 0.330 e. The quantitative estimate of drug-likeness (QED) is 0.688.